The third-order valence-corrected chi connectivity index (χ3v) is 3.60. The standard InChI is InChI=1S/C10H20N2O/c1-2-9-10(11,7-13)5-6-12(9)8-3-4-8/h8-9,13H,2-7,11H2,1H3. The predicted octanol–water partition coefficient (Wildman–Crippen LogP) is 0.323. The van der Waals surface area contributed by atoms with Crippen molar-refractivity contribution in [3.05, 3.63) is 0 Å². The summed E-state index contributed by atoms with van der Waals surface area (Å²) in [7, 11) is 0. The molecule has 0 amide bonds. The monoisotopic (exact) mass is 184 g/mol. The fourth-order valence-corrected chi connectivity index (χ4v) is 2.66. The molecule has 0 aromatic rings. The molecule has 2 unspecified atom stereocenters. The first kappa shape index (κ1) is 9.44. The molecular weight excluding hydrogens is 164 g/mol. The predicted molar refractivity (Wildman–Crippen MR) is 52.4 cm³/mol. The number of hydrogen-bond donors (Lipinski definition) is 2. The summed E-state index contributed by atoms with van der Waals surface area (Å²) in [6.45, 7) is 3.39. The van der Waals surface area contributed by atoms with E-state index in [0.717, 1.165) is 25.4 Å². The molecule has 1 heterocycles. The first-order valence-electron chi connectivity index (χ1n) is 5.37. The Labute approximate surface area is 79.9 Å². The van der Waals surface area contributed by atoms with Crippen LogP contribution >= 0.6 is 0 Å². The second kappa shape index (κ2) is 3.23. The largest absolute Gasteiger partial charge is 0.394 e. The molecule has 0 spiro atoms. The van der Waals surface area contributed by atoms with Crippen LogP contribution in [0.25, 0.3) is 0 Å². The molecule has 0 radical (unpaired) electrons. The molecule has 1 aliphatic heterocycles. The normalized spacial score (nSPS) is 41.3. The van der Waals surface area contributed by atoms with Crippen LogP contribution in [0.4, 0.5) is 0 Å². The second-order valence-electron chi connectivity index (χ2n) is 4.53. The van der Waals surface area contributed by atoms with Crippen LogP contribution in [0.5, 0.6) is 0 Å². The van der Waals surface area contributed by atoms with Crippen molar-refractivity contribution in [3.63, 3.8) is 0 Å². The number of nitrogens with zero attached hydrogens (tertiary/aromatic N) is 1. The molecule has 2 aliphatic rings. The van der Waals surface area contributed by atoms with Crippen molar-refractivity contribution in [2.75, 3.05) is 13.2 Å². The van der Waals surface area contributed by atoms with E-state index >= 15 is 0 Å². The van der Waals surface area contributed by atoms with E-state index in [-0.39, 0.29) is 12.1 Å². The lowest BCUT2D eigenvalue weighted by atomic mass is 9.91. The summed E-state index contributed by atoms with van der Waals surface area (Å²) in [6.07, 6.45) is 4.68. The van der Waals surface area contributed by atoms with Crippen LogP contribution in [0.1, 0.15) is 32.6 Å². The summed E-state index contributed by atoms with van der Waals surface area (Å²) in [6, 6.07) is 1.19. The average molecular weight is 184 g/mol. The fourth-order valence-electron chi connectivity index (χ4n) is 2.66. The Morgan fingerprint density at radius 1 is 1.54 bits per heavy atom. The Morgan fingerprint density at radius 3 is 2.69 bits per heavy atom. The first-order chi connectivity index (χ1) is 6.21. The van der Waals surface area contributed by atoms with Crippen molar-refractivity contribution in [1.29, 1.82) is 0 Å². The van der Waals surface area contributed by atoms with E-state index in [2.05, 4.69) is 11.8 Å². The number of nitrogens with two attached hydrogens (primary N) is 1. The van der Waals surface area contributed by atoms with Gasteiger partial charge in [0.05, 0.1) is 12.1 Å². The second-order valence-corrected chi connectivity index (χ2v) is 4.53. The molecule has 2 atom stereocenters. The third kappa shape index (κ3) is 1.49. The van der Waals surface area contributed by atoms with Gasteiger partial charge in [0.15, 0.2) is 0 Å². The zero-order valence-electron chi connectivity index (χ0n) is 8.37. The molecule has 13 heavy (non-hydrogen) atoms. The summed E-state index contributed by atoms with van der Waals surface area (Å²) >= 11 is 0. The number of hydrogen-bond acceptors (Lipinski definition) is 3. The molecule has 3 heteroatoms. The quantitative estimate of drug-likeness (QED) is 0.664. The Hall–Kier alpha value is -0.120. The summed E-state index contributed by atoms with van der Waals surface area (Å²) in [5.74, 6) is 0. The first-order valence-corrected chi connectivity index (χ1v) is 5.37. The van der Waals surface area contributed by atoms with Gasteiger partial charge in [0.2, 0.25) is 0 Å². The summed E-state index contributed by atoms with van der Waals surface area (Å²) in [4.78, 5) is 2.51. The van der Waals surface area contributed by atoms with Crippen LogP contribution in [-0.2, 0) is 0 Å². The van der Waals surface area contributed by atoms with E-state index < -0.39 is 0 Å². The van der Waals surface area contributed by atoms with Gasteiger partial charge in [0, 0.05) is 18.6 Å². The molecular formula is C10H20N2O. The maximum Gasteiger partial charge on any atom is 0.0627 e. The lowest BCUT2D eigenvalue weighted by molar-refractivity contribution is 0.132. The molecule has 1 saturated heterocycles. The number of rotatable bonds is 3. The van der Waals surface area contributed by atoms with Crippen molar-refractivity contribution in [1.82, 2.24) is 4.90 Å². The van der Waals surface area contributed by atoms with Crippen LogP contribution < -0.4 is 5.73 Å². The van der Waals surface area contributed by atoms with Crippen LogP contribution in [0, 0.1) is 0 Å². The van der Waals surface area contributed by atoms with E-state index in [0.29, 0.717) is 6.04 Å². The van der Waals surface area contributed by atoms with Gasteiger partial charge in [-0.25, -0.2) is 0 Å². The molecule has 0 aromatic heterocycles. The molecule has 3 N–H and O–H groups in total. The molecule has 0 aromatic carbocycles. The molecule has 3 nitrogen and oxygen atoms in total. The number of aliphatic hydroxyl groups excluding tert-OH is 1. The smallest absolute Gasteiger partial charge is 0.0627 e. The Morgan fingerprint density at radius 2 is 2.23 bits per heavy atom. The van der Waals surface area contributed by atoms with Crippen molar-refractivity contribution in [2.24, 2.45) is 5.73 Å². The highest BCUT2D eigenvalue weighted by molar-refractivity contribution is 5.06. The Balaban J connectivity index is 2.08. The zero-order chi connectivity index (χ0) is 9.47. The van der Waals surface area contributed by atoms with Crippen LogP contribution in [-0.4, -0.2) is 40.8 Å². The van der Waals surface area contributed by atoms with E-state index in [1.165, 1.54) is 12.8 Å². The van der Waals surface area contributed by atoms with Crippen LogP contribution in [0.3, 0.4) is 0 Å². The van der Waals surface area contributed by atoms with Gasteiger partial charge in [-0.15, -0.1) is 0 Å². The van der Waals surface area contributed by atoms with Gasteiger partial charge < -0.3 is 10.8 Å². The third-order valence-electron chi connectivity index (χ3n) is 3.60. The minimum Gasteiger partial charge on any atom is -0.394 e. The fraction of sp³-hybridized carbons (Fsp3) is 1.00. The van der Waals surface area contributed by atoms with E-state index in [1.54, 1.807) is 0 Å². The van der Waals surface area contributed by atoms with Gasteiger partial charge >= 0.3 is 0 Å². The maximum absolute atomic E-state index is 9.30. The lowest BCUT2D eigenvalue weighted by Crippen LogP contribution is -2.54. The van der Waals surface area contributed by atoms with Crippen LogP contribution in [0.15, 0.2) is 0 Å². The summed E-state index contributed by atoms with van der Waals surface area (Å²) in [5, 5.41) is 9.30. The lowest BCUT2D eigenvalue weighted by Gasteiger charge is -2.33. The molecule has 1 aliphatic carbocycles. The Bertz CT molecular complexity index is 193. The summed E-state index contributed by atoms with van der Waals surface area (Å²) < 4.78 is 0. The maximum atomic E-state index is 9.30. The van der Waals surface area contributed by atoms with Crippen molar-refractivity contribution in [2.45, 2.75) is 50.2 Å². The average Bonchev–Trinajstić information content (AvgIpc) is 2.91. The minimum absolute atomic E-state index is 0.134. The van der Waals surface area contributed by atoms with Crippen molar-refractivity contribution in [3.8, 4) is 0 Å². The topological polar surface area (TPSA) is 49.5 Å². The van der Waals surface area contributed by atoms with Gasteiger partial charge in [0.25, 0.3) is 0 Å². The van der Waals surface area contributed by atoms with Gasteiger partial charge in [-0.1, -0.05) is 6.92 Å². The van der Waals surface area contributed by atoms with Crippen molar-refractivity contribution >= 4 is 0 Å². The van der Waals surface area contributed by atoms with Gasteiger partial charge in [-0.05, 0) is 25.7 Å². The number of aliphatic hydroxyl groups is 1. The molecule has 2 rings (SSSR count). The molecule has 2 fully saturated rings. The van der Waals surface area contributed by atoms with Gasteiger partial charge in [-0.2, -0.15) is 0 Å². The van der Waals surface area contributed by atoms with E-state index in [1.807, 2.05) is 0 Å². The zero-order valence-corrected chi connectivity index (χ0v) is 8.37. The van der Waals surface area contributed by atoms with Crippen LogP contribution in [0.2, 0.25) is 0 Å². The molecule has 0 bridgehead atoms. The van der Waals surface area contributed by atoms with E-state index in [4.69, 9.17) is 5.73 Å². The van der Waals surface area contributed by atoms with Gasteiger partial charge in [-0.3, -0.25) is 4.90 Å². The number of likely N-dealkylation sites (tertiary alicyclic amines) is 1. The minimum atomic E-state index is -0.322. The highest BCUT2D eigenvalue weighted by atomic mass is 16.3. The van der Waals surface area contributed by atoms with Crippen molar-refractivity contribution < 1.29 is 5.11 Å². The highest BCUT2D eigenvalue weighted by Crippen LogP contribution is 2.37. The molecule has 1 saturated carbocycles. The van der Waals surface area contributed by atoms with Gasteiger partial charge in [0.1, 0.15) is 0 Å². The Kier molecular flexibility index (Phi) is 2.34. The highest BCUT2D eigenvalue weighted by Gasteiger charge is 2.47. The van der Waals surface area contributed by atoms with E-state index in [9.17, 15) is 5.11 Å². The molecule has 76 valence electrons. The summed E-state index contributed by atoms with van der Waals surface area (Å²) in [5.41, 5.74) is 5.86. The SMILES string of the molecule is CCC1N(C2CC2)CCC1(N)CO.